The number of carbonyl (C=O) groups is 1. The monoisotopic (exact) mass is 400 g/mol. The molecule has 2 aromatic rings. The third-order valence-corrected chi connectivity index (χ3v) is 5.49. The number of piperidine rings is 1. The average molecular weight is 401 g/mol. The maximum absolute atomic E-state index is 12.9. The molecule has 1 saturated heterocycles. The number of ether oxygens (including phenoxy) is 1. The van der Waals surface area contributed by atoms with Crippen LogP contribution in [0.1, 0.15) is 54.6 Å². The lowest BCUT2D eigenvalue weighted by Crippen LogP contribution is -2.40. The Morgan fingerprint density at radius 1 is 1.11 bits per heavy atom. The Hall–Kier alpha value is -2.04. The van der Waals surface area contributed by atoms with Crippen molar-refractivity contribution in [1.82, 2.24) is 10.2 Å². The van der Waals surface area contributed by atoms with Crippen molar-refractivity contribution in [1.29, 1.82) is 0 Å². The molecule has 1 atom stereocenters. The molecule has 1 N–H and O–H groups in total. The largest absolute Gasteiger partial charge is 0.493 e. The highest BCUT2D eigenvalue weighted by atomic mass is 35.5. The van der Waals surface area contributed by atoms with E-state index in [0.717, 1.165) is 30.1 Å². The van der Waals surface area contributed by atoms with Crippen LogP contribution in [0, 0.1) is 0 Å². The third-order valence-electron chi connectivity index (χ3n) is 5.14. The van der Waals surface area contributed by atoms with Gasteiger partial charge in [-0.1, -0.05) is 55.3 Å². The number of nitrogens with one attached hydrogen (secondary N) is 1. The van der Waals surface area contributed by atoms with E-state index in [4.69, 9.17) is 16.3 Å². The molecule has 1 aliphatic heterocycles. The van der Waals surface area contributed by atoms with Gasteiger partial charge in [0.15, 0.2) is 0 Å². The number of hydrogen-bond donors (Lipinski definition) is 1. The van der Waals surface area contributed by atoms with Crippen molar-refractivity contribution in [2.45, 2.75) is 38.6 Å². The maximum Gasteiger partial charge on any atom is 0.255 e. The van der Waals surface area contributed by atoms with Crippen molar-refractivity contribution in [2.24, 2.45) is 0 Å². The van der Waals surface area contributed by atoms with Gasteiger partial charge in [0.1, 0.15) is 5.75 Å². The Morgan fingerprint density at radius 2 is 1.82 bits per heavy atom. The first-order chi connectivity index (χ1) is 13.7. The number of halogens is 1. The van der Waals surface area contributed by atoms with Gasteiger partial charge in [-0.25, -0.2) is 0 Å². The Labute approximate surface area is 172 Å². The van der Waals surface area contributed by atoms with Crippen molar-refractivity contribution >= 4 is 17.5 Å². The topological polar surface area (TPSA) is 41.6 Å². The van der Waals surface area contributed by atoms with Crippen LogP contribution in [0.4, 0.5) is 0 Å². The molecule has 0 radical (unpaired) electrons. The number of nitrogens with zero attached hydrogens (tertiary/aromatic N) is 1. The summed E-state index contributed by atoms with van der Waals surface area (Å²) in [5.41, 5.74) is 1.65. The third kappa shape index (κ3) is 5.27. The van der Waals surface area contributed by atoms with Crippen molar-refractivity contribution < 1.29 is 9.53 Å². The van der Waals surface area contributed by atoms with E-state index in [9.17, 15) is 4.79 Å². The summed E-state index contributed by atoms with van der Waals surface area (Å²) in [6.07, 6.45) is 4.53. The quantitative estimate of drug-likeness (QED) is 0.671. The molecule has 0 aliphatic carbocycles. The number of benzene rings is 2. The van der Waals surface area contributed by atoms with Crippen LogP contribution >= 0.6 is 11.6 Å². The van der Waals surface area contributed by atoms with E-state index in [2.05, 4.69) is 23.2 Å². The molecule has 2 aromatic carbocycles. The molecule has 0 aromatic heterocycles. The second-order valence-electron chi connectivity index (χ2n) is 7.19. The molecular formula is C23H29ClN2O2. The fourth-order valence-electron chi connectivity index (χ4n) is 3.69. The van der Waals surface area contributed by atoms with Gasteiger partial charge in [-0.3, -0.25) is 9.69 Å². The molecule has 1 aliphatic rings. The van der Waals surface area contributed by atoms with Crippen molar-refractivity contribution in [3.63, 3.8) is 0 Å². The molecule has 5 heteroatoms. The van der Waals surface area contributed by atoms with Crippen LogP contribution in [-0.4, -0.2) is 37.0 Å². The Kier molecular flexibility index (Phi) is 7.75. The summed E-state index contributed by atoms with van der Waals surface area (Å²) in [5.74, 6) is 0.523. The van der Waals surface area contributed by atoms with Gasteiger partial charge in [0.2, 0.25) is 0 Å². The van der Waals surface area contributed by atoms with Crippen LogP contribution in [0.3, 0.4) is 0 Å². The van der Waals surface area contributed by atoms with Crippen LogP contribution in [0.25, 0.3) is 0 Å². The van der Waals surface area contributed by atoms with Crippen LogP contribution < -0.4 is 10.1 Å². The fourth-order valence-corrected chi connectivity index (χ4v) is 3.95. The highest BCUT2D eigenvalue weighted by Gasteiger charge is 2.25. The summed E-state index contributed by atoms with van der Waals surface area (Å²) < 4.78 is 5.74. The van der Waals surface area contributed by atoms with Crippen LogP contribution in [0.2, 0.25) is 5.02 Å². The number of hydrogen-bond acceptors (Lipinski definition) is 3. The van der Waals surface area contributed by atoms with Gasteiger partial charge < -0.3 is 10.1 Å². The molecule has 3 rings (SSSR count). The van der Waals surface area contributed by atoms with E-state index < -0.39 is 0 Å². The lowest BCUT2D eigenvalue weighted by atomic mass is 10.0. The van der Waals surface area contributed by atoms with Crippen molar-refractivity contribution in [3.8, 4) is 5.75 Å². The van der Waals surface area contributed by atoms with Gasteiger partial charge in [-0.2, -0.15) is 0 Å². The Morgan fingerprint density at radius 3 is 2.57 bits per heavy atom. The summed E-state index contributed by atoms with van der Waals surface area (Å²) in [5, 5.41) is 3.87. The van der Waals surface area contributed by atoms with E-state index in [1.54, 1.807) is 0 Å². The molecule has 150 valence electrons. The molecule has 0 spiro atoms. The second-order valence-corrected chi connectivity index (χ2v) is 7.60. The van der Waals surface area contributed by atoms with Crippen molar-refractivity contribution in [3.05, 3.63) is 64.7 Å². The molecule has 4 nitrogen and oxygen atoms in total. The van der Waals surface area contributed by atoms with Gasteiger partial charge >= 0.3 is 0 Å². The van der Waals surface area contributed by atoms with Gasteiger partial charge in [-0.15, -0.1) is 0 Å². The first kappa shape index (κ1) is 20.7. The van der Waals surface area contributed by atoms with E-state index in [0.29, 0.717) is 24.5 Å². The highest BCUT2D eigenvalue weighted by molar-refractivity contribution is 6.31. The molecule has 0 saturated carbocycles. The minimum Gasteiger partial charge on any atom is -0.493 e. The fraction of sp³-hybridized carbons (Fsp3) is 0.435. The number of rotatable bonds is 8. The predicted molar refractivity (Wildman–Crippen MR) is 114 cm³/mol. The van der Waals surface area contributed by atoms with E-state index in [1.165, 1.54) is 19.3 Å². The molecule has 1 fully saturated rings. The first-order valence-corrected chi connectivity index (χ1v) is 10.6. The summed E-state index contributed by atoms with van der Waals surface area (Å²) >= 11 is 6.49. The zero-order valence-corrected chi connectivity index (χ0v) is 17.3. The zero-order valence-electron chi connectivity index (χ0n) is 16.5. The lowest BCUT2D eigenvalue weighted by Gasteiger charge is -2.35. The second kappa shape index (κ2) is 10.5. The van der Waals surface area contributed by atoms with Gasteiger partial charge in [-0.05, 0) is 56.1 Å². The van der Waals surface area contributed by atoms with E-state index in [1.807, 2.05) is 42.5 Å². The molecule has 1 amide bonds. The summed E-state index contributed by atoms with van der Waals surface area (Å²) in [6, 6.07) is 15.4. The first-order valence-electron chi connectivity index (χ1n) is 10.2. The number of para-hydroxylation sites is 1. The number of amides is 1. The van der Waals surface area contributed by atoms with Crippen LogP contribution in [-0.2, 0) is 0 Å². The van der Waals surface area contributed by atoms with E-state index >= 15 is 0 Å². The van der Waals surface area contributed by atoms with Gasteiger partial charge in [0.25, 0.3) is 5.91 Å². The van der Waals surface area contributed by atoms with Crippen LogP contribution in [0.15, 0.2) is 48.5 Å². The SMILES string of the molecule is CCCOc1ccccc1C(=O)NC[C@H](c1ccccc1Cl)N1CCCCC1. The molecule has 0 bridgehead atoms. The molecular weight excluding hydrogens is 372 g/mol. The Bertz CT molecular complexity index is 775. The molecule has 28 heavy (non-hydrogen) atoms. The summed E-state index contributed by atoms with van der Waals surface area (Å²) in [4.78, 5) is 15.3. The zero-order chi connectivity index (χ0) is 19.8. The normalized spacial score (nSPS) is 15.8. The summed E-state index contributed by atoms with van der Waals surface area (Å²) in [6.45, 7) is 5.23. The number of carbonyl (C=O) groups excluding carboxylic acids is 1. The minimum absolute atomic E-state index is 0.0710. The summed E-state index contributed by atoms with van der Waals surface area (Å²) in [7, 11) is 0. The number of likely N-dealkylation sites (tertiary alicyclic amines) is 1. The maximum atomic E-state index is 12.9. The Balaban J connectivity index is 1.75. The van der Waals surface area contributed by atoms with Gasteiger partial charge in [0.05, 0.1) is 18.2 Å². The van der Waals surface area contributed by atoms with Crippen molar-refractivity contribution in [2.75, 3.05) is 26.2 Å². The molecule has 1 heterocycles. The average Bonchev–Trinajstić information content (AvgIpc) is 2.74. The standard InChI is InChI=1S/C23H29ClN2O2/c1-2-16-28-22-13-7-5-11-19(22)23(27)25-17-21(26-14-8-3-9-15-26)18-10-4-6-12-20(18)24/h4-7,10-13,21H,2-3,8-9,14-17H2,1H3,(H,25,27)/t21-/m1/s1. The predicted octanol–water partition coefficient (Wildman–Crippen LogP) is 5.09. The molecule has 0 unspecified atom stereocenters. The highest BCUT2D eigenvalue weighted by Crippen LogP contribution is 2.29. The minimum atomic E-state index is -0.110. The van der Waals surface area contributed by atoms with E-state index in [-0.39, 0.29) is 11.9 Å². The van der Waals surface area contributed by atoms with Gasteiger partial charge in [0, 0.05) is 11.6 Å². The smallest absolute Gasteiger partial charge is 0.255 e. The lowest BCUT2D eigenvalue weighted by molar-refractivity contribution is 0.0920. The van der Waals surface area contributed by atoms with Crippen LogP contribution in [0.5, 0.6) is 5.75 Å².